The molecule has 1 heterocycles. The SMILES string of the molecule is CC(C)n1ncc(NC(=O)N[C@H](C)C2CC2)c1C1CC1. The average molecular weight is 276 g/mol. The zero-order chi connectivity index (χ0) is 14.3. The Morgan fingerprint density at radius 1 is 1.30 bits per heavy atom. The van der Waals surface area contributed by atoms with Gasteiger partial charge in [-0.15, -0.1) is 0 Å². The van der Waals surface area contributed by atoms with Crippen LogP contribution in [-0.4, -0.2) is 21.9 Å². The molecule has 20 heavy (non-hydrogen) atoms. The quantitative estimate of drug-likeness (QED) is 0.867. The van der Waals surface area contributed by atoms with Gasteiger partial charge in [0.2, 0.25) is 0 Å². The van der Waals surface area contributed by atoms with Crippen LogP contribution in [0.25, 0.3) is 0 Å². The van der Waals surface area contributed by atoms with Crippen LogP contribution in [0.5, 0.6) is 0 Å². The molecule has 0 aliphatic heterocycles. The summed E-state index contributed by atoms with van der Waals surface area (Å²) in [5.74, 6) is 1.23. The lowest BCUT2D eigenvalue weighted by atomic mass is 10.2. The van der Waals surface area contributed by atoms with E-state index in [4.69, 9.17) is 0 Å². The van der Waals surface area contributed by atoms with Gasteiger partial charge >= 0.3 is 6.03 Å². The molecule has 0 unspecified atom stereocenters. The van der Waals surface area contributed by atoms with Gasteiger partial charge in [0.1, 0.15) is 0 Å². The molecule has 2 saturated carbocycles. The average Bonchev–Trinajstić information content (AvgIpc) is 3.27. The lowest BCUT2D eigenvalue weighted by Gasteiger charge is -2.15. The topological polar surface area (TPSA) is 59.0 Å². The van der Waals surface area contributed by atoms with E-state index >= 15 is 0 Å². The molecule has 0 bridgehead atoms. The number of carbonyl (C=O) groups excluding carboxylic acids is 1. The Bertz CT molecular complexity index is 500. The maximum Gasteiger partial charge on any atom is 0.319 e. The van der Waals surface area contributed by atoms with Gasteiger partial charge in [-0.3, -0.25) is 4.68 Å². The van der Waals surface area contributed by atoms with E-state index < -0.39 is 0 Å². The van der Waals surface area contributed by atoms with Crippen molar-refractivity contribution in [2.45, 2.75) is 64.5 Å². The van der Waals surface area contributed by atoms with Crippen LogP contribution >= 0.6 is 0 Å². The molecule has 1 aromatic heterocycles. The standard InChI is InChI=1S/C15H24N4O/c1-9(2)19-14(12-6-7-12)13(8-16-19)18-15(20)17-10(3)11-4-5-11/h8-12H,4-7H2,1-3H3,(H2,17,18,20)/t10-/m1/s1. The number of nitrogens with one attached hydrogen (secondary N) is 2. The van der Waals surface area contributed by atoms with Crippen molar-refractivity contribution in [3.05, 3.63) is 11.9 Å². The molecule has 2 aliphatic carbocycles. The highest BCUT2D eigenvalue weighted by atomic mass is 16.2. The molecule has 1 aromatic rings. The first-order chi connectivity index (χ1) is 9.56. The van der Waals surface area contributed by atoms with Gasteiger partial charge in [0.05, 0.1) is 17.6 Å². The first-order valence-electron chi connectivity index (χ1n) is 7.71. The van der Waals surface area contributed by atoms with E-state index in [2.05, 4.69) is 36.5 Å². The molecule has 2 N–H and O–H groups in total. The van der Waals surface area contributed by atoms with Gasteiger partial charge in [-0.1, -0.05) is 0 Å². The molecule has 0 radical (unpaired) electrons. The number of carbonyl (C=O) groups is 1. The predicted molar refractivity (Wildman–Crippen MR) is 78.9 cm³/mol. The van der Waals surface area contributed by atoms with E-state index in [-0.39, 0.29) is 12.1 Å². The van der Waals surface area contributed by atoms with Gasteiger partial charge < -0.3 is 10.6 Å². The molecule has 5 nitrogen and oxygen atoms in total. The Morgan fingerprint density at radius 2 is 2.00 bits per heavy atom. The van der Waals surface area contributed by atoms with Gasteiger partial charge in [0, 0.05) is 18.0 Å². The second-order valence-electron chi connectivity index (χ2n) is 6.48. The Balaban J connectivity index is 1.68. The normalized spacial score (nSPS) is 20.0. The van der Waals surface area contributed by atoms with Gasteiger partial charge in [-0.2, -0.15) is 5.10 Å². The number of rotatable bonds is 5. The predicted octanol–water partition coefficient (Wildman–Crippen LogP) is 3.26. The second kappa shape index (κ2) is 5.11. The van der Waals surface area contributed by atoms with E-state index in [1.54, 1.807) is 6.20 Å². The van der Waals surface area contributed by atoms with Crippen molar-refractivity contribution in [2.24, 2.45) is 5.92 Å². The van der Waals surface area contributed by atoms with E-state index in [0.29, 0.717) is 17.9 Å². The number of amides is 2. The van der Waals surface area contributed by atoms with Crippen LogP contribution in [0, 0.1) is 5.92 Å². The fourth-order valence-corrected chi connectivity index (χ4v) is 2.72. The first-order valence-corrected chi connectivity index (χ1v) is 7.71. The van der Waals surface area contributed by atoms with Crippen LogP contribution in [0.4, 0.5) is 10.5 Å². The highest BCUT2D eigenvalue weighted by Gasteiger charge is 2.32. The maximum absolute atomic E-state index is 12.1. The summed E-state index contributed by atoms with van der Waals surface area (Å²) in [4.78, 5) is 12.1. The lowest BCUT2D eigenvalue weighted by molar-refractivity contribution is 0.248. The first kappa shape index (κ1) is 13.5. The monoisotopic (exact) mass is 276 g/mol. The summed E-state index contributed by atoms with van der Waals surface area (Å²) in [6.07, 6.45) is 6.66. The summed E-state index contributed by atoms with van der Waals surface area (Å²) in [5, 5.41) is 10.4. The largest absolute Gasteiger partial charge is 0.335 e. The Hall–Kier alpha value is -1.52. The van der Waals surface area contributed by atoms with E-state index in [1.165, 1.54) is 31.4 Å². The zero-order valence-corrected chi connectivity index (χ0v) is 12.5. The molecule has 0 aromatic carbocycles. The van der Waals surface area contributed by atoms with Gasteiger partial charge in [-0.05, 0) is 52.4 Å². The van der Waals surface area contributed by atoms with Crippen LogP contribution in [0.3, 0.4) is 0 Å². The van der Waals surface area contributed by atoms with Crippen LogP contribution in [-0.2, 0) is 0 Å². The van der Waals surface area contributed by atoms with Gasteiger partial charge in [0.15, 0.2) is 0 Å². The summed E-state index contributed by atoms with van der Waals surface area (Å²) < 4.78 is 2.04. The van der Waals surface area contributed by atoms with Crippen molar-refractivity contribution >= 4 is 11.7 Å². The van der Waals surface area contributed by atoms with Crippen LogP contribution in [0.15, 0.2) is 6.20 Å². The highest BCUT2D eigenvalue weighted by Crippen LogP contribution is 2.44. The summed E-state index contributed by atoms with van der Waals surface area (Å²) in [5.41, 5.74) is 2.07. The molecule has 5 heteroatoms. The number of anilines is 1. The van der Waals surface area contributed by atoms with E-state index in [0.717, 1.165) is 5.69 Å². The van der Waals surface area contributed by atoms with E-state index in [9.17, 15) is 4.79 Å². The Morgan fingerprint density at radius 3 is 2.55 bits per heavy atom. The van der Waals surface area contributed by atoms with Crippen LogP contribution in [0.1, 0.15) is 64.1 Å². The molecule has 2 fully saturated rings. The minimum absolute atomic E-state index is 0.102. The molecular weight excluding hydrogens is 252 g/mol. The Kier molecular flexibility index (Phi) is 3.44. The van der Waals surface area contributed by atoms with Crippen molar-refractivity contribution in [1.29, 1.82) is 0 Å². The third kappa shape index (κ3) is 2.81. The lowest BCUT2D eigenvalue weighted by Crippen LogP contribution is -2.37. The number of aromatic nitrogens is 2. The molecule has 2 aliphatic rings. The second-order valence-corrected chi connectivity index (χ2v) is 6.48. The molecule has 1 atom stereocenters. The number of hydrogen-bond donors (Lipinski definition) is 2. The van der Waals surface area contributed by atoms with Crippen molar-refractivity contribution in [3.8, 4) is 0 Å². The van der Waals surface area contributed by atoms with E-state index in [1.807, 2.05) is 4.68 Å². The molecule has 0 spiro atoms. The maximum atomic E-state index is 12.1. The molecular formula is C15H24N4O. The summed E-state index contributed by atoms with van der Waals surface area (Å²) in [6, 6.07) is 0.490. The summed E-state index contributed by atoms with van der Waals surface area (Å²) >= 11 is 0. The minimum atomic E-state index is -0.102. The third-order valence-corrected chi connectivity index (χ3v) is 4.22. The van der Waals surface area contributed by atoms with Crippen molar-refractivity contribution in [2.75, 3.05) is 5.32 Å². The molecule has 0 saturated heterocycles. The third-order valence-electron chi connectivity index (χ3n) is 4.22. The highest BCUT2D eigenvalue weighted by molar-refractivity contribution is 5.90. The summed E-state index contributed by atoms with van der Waals surface area (Å²) in [7, 11) is 0. The van der Waals surface area contributed by atoms with Crippen molar-refractivity contribution in [1.82, 2.24) is 15.1 Å². The fourth-order valence-electron chi connectivity index (χ4n) is 2.72. The minimum Gasteiger partial charge on any atom is -0.335 e. The van der Waals surface area contributed by atoms with Crippen molar-refractivity contribution in [3.63, 3.8) is 0 Å². The van der Waals surface area contributed by atoms with Gasteiger partial charge in [0.25, 0.3) is 0 Å². The molecule has 2 amide bonds. The zero-order valence-electron chi connectivity index (χ0n) is 12.5. The smallest absolute Gasteiger partial charge is 0.319 e. The number of hydrogen-bond acceptors (Lipinski definition) is 2. The van der Waals surface area contributed by atoms with Gasteiger partial charge in [-0.25, -0.2) is 4.79 Å². The molecule has 110 valence electrons. The van der Waals surface area contributed by atoms with Crippen LogP contribution in [0.2, 0.25) is 0 Å². The Labute approximate surface area is 120 Å². The number of nitrogens with zero attached hydrogens (tertiary/aromatic N) is 2. The van der Waals surface area contributed by atoms with Crippen LogP contribution < -0.4 is 10.6 Å². The summed E-state index contributed by atoms with van der Waals surface area (Å²) in [6.45, 7) is 6.33. The molecule has 3 rings (SSSR count). The fraction of sp³-hybridized carbons (Fsp3) is 0.733. The van der Waals surface area contributed by atoms with Crippen molar-refractivity contribution < 1.29 is 4.79 Å². The number of urea groups is 1.